The number of benzene rings is 1. The molecule has 0 aliphatic heterocycles. The average molecular weight is 180 g/mol. The minimum absolute atomic E-state index is 0.562. The number of rotatable bonds is 3. The van der Waals surface area contributed by atoms with Crippen LogP contribution in [0.25, 0.3) is 0 Å². The molecule has 0 atom stereocenters. The predicted molar refractivity (Wildman–Crippen MR) is 50.1 cm³/mol. The van der Waals surface area contributed by atoms with Crippen LogP contribution >= 0.6 is 0 Å². The van der Waals surface area contributed by atoms with E-state index in [1.54, 1.807) is 0 Å². The summed E-state index contributed by atoms with van der Waals surface area (Å²) in [6.45, 7) is 2.43. The van der Waals surface area contributed by atoms with Crippen LogP contribution in [-0.4, -0.2) is 12.6 Å². The zero-order valence-electron chi connectivity index (χ0n) is 7.43. The van der Waals surface area contributed by atoms with Crippen molar-refractivity contribution < 1.29 is 9.63 Å². The van der Waals surface area contributed by atoms with E-state index in [0.29, 0.717) is 6.54 Å². The summed E-state index contributed by atoms with van der Waals surface area (Å²) in [4.78, 5) is 15.3. The van der Waals surface area contributed by atoms with Gasteiger partial charge in [-0.3, -0.25) is 0 Å². The van der Waals surface area contributed by atoms with Crippen LogP contribution in [0.2, 0.25) is 0 Å². The Balaban J connectivity index is 2.73. The van der Waals surface area contributed by atoms with Gasteiger partial charge < -0.3 is 10.6 Å². The Morgan fingerprint density at radius 2 is 2.08 bits per heavy atom. The van der Waals surface area contributed by atoms with Gasteiger partial charge in [0.25, 0.3) is 0 Å². The topological polar surface area (TPSA) is 55.6 Å². The minimum Gasteiger partial charge on any atom is -0.333 e. The number of nitrogens with zero attached hydrogens (tertiary/aromatic N) is 1. The molecule has 13 heavy (non-hydrogen) atoms. The van der Waals surface area contributed by atoms with E-state index in [0.717, 1.165) is 5.69 Å². The summed E-state index contributed by atoms with van der Waals surface area (Å²) < 4.78 is 0. The molecular formula is C9H12N2O2. The maximum atomic E-state index is 10.5. The van der Waals surface area contributed by atoms with Crippen molar-refractivity contribution in [2.45, 2.75) is 6.92 Å². The molecule has 70 valence electrons. The lowest BCUT2D eigenvalue weighted by Gasteiger charge is -2.19. The molecule has 0 aliphatic rings. The highest BCUT2D eigenvalue weighted by molar-refractivity contribution is 5.66. The number of carbonyl (C=O) groups excluding carboxylic acids is 1. The third-order valence-electron chi connectivity index (χ3n) is 1.53. The van der Waals surface area contributed by atoms with Gasteiger partial charge in [0.1, 0.15) is 0 Å². The fraction of sp³-hybridized carbons (Fsp3) is 0.222. The Bertz CT molecular complexity index is 274. The number of carbonyl (C=O) groups is 1. The predicted octanol–water partition coefficient (Wildman–Crippen LogP) is 1.52. The van der Waals surface area contributed by atoms with Gasteiger partial charge in [0.15, 0.2) is 0 Å². The van der Waals surface area contributed by atoms with Crippen LogP contribution in [0.3, 0.4) is 0 Å². The van der Waals surface area contributed by atoms with Gasteiger partial charge in [-0.2, -0.15) is 0 Å². The third-order valence-corrected chi connectivity index (χ3v) is 1.53. The monoisotopic (exact) mass is 180 g/mol. The maximum Gasteiger partial charge on any atom is 0.429 e. The molecular weight excluding hydrogens is 168 g/mol. The quantitative estimate of drug-likeness (QED) is 0.717. The van der Waals surface area contributed by atoms with Gasteiger partial charge in [0, 0.05) is 0 Å². The molecule has 0 radical (unpaired) electrons. The first-order valence-corrected chi connectivity index (χ1v) is 4.04. The third kappa shape index (κ3) is 2.66. The molecule has 4 nitrogen and oxygen atoms in total. The molecule has 0 fully saturated rings. The van der Waals surface area contributed by atoms with Gasteiger partial charge in [-0.15, -0.1) is 0 Å². The molecule has 1 aromatic rings. The van der Waals surface area contributed by atoms with Gasteiger partial charge >= 0.3 is 6.09 Å². The Labute approximate surface area is 76.9 Å². The summed E-state index contributed by atoms with van der Waals surface area (Å²) in [6.07, 6.45) is -0.800. The summed E-state index contributed by atoms with van der Waals surface area (Å²) in [5.41, 5.74) is 5.71. The summed E-state index contributed by atoms with van der Waals surface area (Å²) in [5, 5.41) is 1.43. The smallest absolute Gasteiger partial charge is 0.333 e. The minimum atomic E-state index is -0.800. The molecule has 1 aromatic carbocycles. The maximum absolute atomic E-state index is 10.5. The van der Waals surface area contributed by atoms with Crippen molar-refractivity contribution >= 4 is 11.8 Å². The van der Waals surface area contributed by atoms with Gasteiger partial charge in [-0.05, 0) is 19.1 Å². The molecule has 0 saturated heterocycles. The van der Waals surface area contributed by atoms with Crippen LogP contribution in [0.15, 0.2) is 30.3 Å². The van der Waals surface area contributed by atoms with Crippen LogP contribution < -0.4 is 10.8 Å². The number of hydrogen-bond donors (Lipinski definition) is 1. The second kappa shape index (κ2) is 4.35. The number of para-hydroxylation sites is 1. The molecule has 0 unspecified atom stereocenters. The van der Waals surface area contributed by atoms with Crippen LogP contribution in [0.4, 0.5) is 10.5 Å². The molecule has 0 heterocycles. The average Bonchev–Trinajstić information content (AvgIpc) is 2.15. The highest BCUT2D eigenvalue weighted by Crippen LogP contribution is 2.12. The van der Waals surface area contributed by atoms with E-state index in [1.165, 1.54) is 5.06 Å². The number of hydroxylamine groups is 1. The van der Waals surface area contributed by atoms with Crippen LogP contribution in [-0.2, 0) is 4.84 Å². The first-order valence-electron chi connectivity index (χ1n) is 4.04. The largest absolute Gasteiger partial charge is 0.429 e. The lowest BCUT2D eigenvalue weighted by molar-refractivity contribution is 0.144. The summed E-state index contributed by atoms with van der Waals surface area (Å²) in [5.74, 6) is 0. The summed E-state index contributed by atoms with van der Waals surface area (Å²) in [7, 11) is 0. The van der Waals surface area contributed by atoms with Crippen molar-refractivity contribution in [2.24, 2.45) is 5.73 Å². The highest BCUT2D eigenvalue weighted by Gasteiger charge is 2.06. The van der Waals surface area contributed by atoms with E-state index >= 15 is 0 Å². The number of amides is 1. The fourth-order valence-corrected chi connectivity index (χ4v) is 1.00. The summed E-state index contributed by atoms with van der Waals surface area (Å²) in [6, 6.07) is 9.30. The first kappa shape index (κ1) is 9.38. The van der Waals surface area contributed by atoms with Crippen molar-refractivity contribution in [3.05, 3.63) is 30.3 Å². The van der Waals surface area contributed by atoms with Crippen molar-refractivity contribution in [3.8, 4) is 0 Å². The van der Waals surface area contributed by atoms with Crippen molar-refractivity contribution in [2.75, 3.05) is 11.6 Å². The van der Waals surface area contributed by atoms with Gasteiger partial charge in [0.05, 0.1) is 12.2 Å². The first-order chi connectivity index (χ1) is 6.24. The molecule has 4 heteroatoms. The Kier molecular flexibility index (Phi) is 3.14. The Hall–Kier alpha value is -1.71. The molecule has 0 aliphatic carbocycles. The van der Waals surface area contributed by atoms with Crippen molar-refractivity contribution in [3.63, 3.8) is 0 Å². The molecule has 0 spiro atoms. The molecule has 0 saturated carbocycles. The van der Waals surface area contributed by atoms with E-state index in [4.69, 9.17) is 10.6 Å². The van der Waals surface area contributed by atoms with Crippen molar-refractivity contribution in [1.29, 1.82) is 0 Å². The number of anilines is 1. The zero-order valence-corrected chi connectivity index (χ0v) is 7.43. The molecule has 1 rings (SSSR count). The van der Waals surface area contributed by atoms with Crippen LogP contribution in [0.5, 0.6) is 0 Å². The highest BCUT2D eigenvalue weighted by atomic mass is 16.7. The van der Waals surface area contributed by atoms with Gasteiger partial charge in [0.2, 0.25) is 0 Å². The Morgan fingerprint density at radius 1 is 1.46 bits per heavy atom. The molecule has 2 N–H and O–H groups in total. The SMILES string of the molecule is CCN(OC(N)=O)c1ccccc1. The Morgan fingerprint density at radius 3 is 2.54 bits per heavy atom. The normalized spacial score (nSPS) is 9.31. The van der Waals surface area contributed by atoms with E-state index < -0.39 is 6.09 Å². The second-order valence-corrected chi connectivity index (χ2v) is 2.44. The van der Waals surface area contributed by atoms with Crippen molar-refractivity contribution in [1.82, 2.24) is 0 Å². The number of primary amides is 1. The molecule has 0 bridgehead atoms. The van der Waals surface area contributed by atoms with Gasteiger partial charge in [-0.1, -0.05) is 18.2 Å². The zero-order chi connectivity index (χ0) is 9.68. The number of nitrogens with two attached hydrogens (primary N) is 1. The molecule has 1 amide bonds. The van der Waals surface area contributed by atoms with E-state index in [-0.39, 0.29) is 0 Å². The lowest BCUT2D eigenvalue weighted by atomic mass is 10.3. The standard InChI is InChI=1S/C9H12N2O2/c1-2-11(13-9(10)12)8-6-4-3-5-7-8/h3-7H,2H2,1H3,(H2,10,12). The van der Waals surface area contributed by atoms with Crippen LogP contribution in [0, 0.1) is 0 Å². The van der Waals surface area contributed by atoms with E-state index in [9.17, 15) is 4.79 Å². The summed E-state index contributed by atoms with van der Waals surface area (Å²) >= 11 is 0. The lowest BCUT2D eigenvalue weighted by Crippen LogP contribution is -2.29. The fourth-order valence-electron chi connectivity index (χ4n) is 1.00. The van der Waals surface area contributed by atoms with E-state index in [1.807, 2.05) is 37.3 Å². The van der Waals surface area contributed by atoms with E-state index in [2.05, 4.69) is 0 Å². The second-order valence-electron chi connectivity index (χ2n) is 2.44. The number of hydrogen-bond acceptors (Lipinski definition) is 3. The molecule has 0 aromatic heterocycles. The van der Waals surface area contributed by atoms with Gasteiger partial charge in [-0.25, -0.2) is 9.86 Å². The van der Waals surface area contributed by atoms with Crippen LogP contribution in [0.1, 0.15) is 6.92 Å².